The van der Waals surface area contributed by atoms with Gasteiger partial charge in [0.25, 0.3) is 6.43 Å². The maximum atomic E-state index is 11.7. The number of hydrogen-bond donors (Lipinski definition) is 1. The van der Waals surface area contributed by atoms with Gasteiger partial charge >= 0.3 is 0 Å². The molecule has 0 aliphatic carbocycles. The van der Waals surface area contributed by atoms with Gasteiger partial charge in [0.15, 0.2) is 6.61 Å². The van der Waals surface area contributed by atoms with Crippen LogP contribution < -0.4 is 4.74 Å². The Morgan fingerprint density at radius 3 is 2.92 bits per heavy atom. The fraction of sp³-hybridized carbons (Fsp3) is 0.375. The van der Waals surface area contributed by atoms with E-state index in [0.717, 1.165) is 0 Å². The van der Waals surface area contributed by atoms with Gasteiger partial charge in [-0.05, 0) is 11.6 Å². The van der Waals surface area contributed by atoms with Crippen LogP contribution in [0.1, 0.15) is 5.56 Å². The first kappa shape index (κ1) is 9.85. The lowest BCUT2D eigenvalue weighted by atomic mass is 10.3. The van der Waals surface area contributed by atoms with E-state index in [1.54, 1.807) is 6.07 Å². The molecule has 1 rings (SSSR count). The molecule has 0 saturated heterocycles. The number of alkyl halides is 2. The first-order valence-corrected chi connectivity index (χ1v) is 3.69. The summed E-state index contributed by atoms with van der Waals surface area (Å²) in [6.45, 7) is -0.838. The third kappa shape index (κ3) is 3.33. The van der Waals surface area contributed by atoms with Crippen molar-refractivity contribution in [1.29, 1.82) is 0 Å². The van der Waals surface area contributed by atoms with Gasteiger partial charge < -0.3 is 9.84 Å². The smallest absolute Gasteiger partial charge is 0.272 e. The highest BCUT2D eigenvalue weighted by Crippen LogP contribution is 2.09. The molecule has 0 fully saturated rings. The molecule has 0 aliphatic heterocycles. The first-order valence-electron chi connectivity index (χ1n) is 3.69. The highest BCUT2D eigenvalue weighted by Gasteiger charge is 2.04. The maximum Gasteiger partial charge on any atom is 0.272 e. The Morgan fingerprint density at radius 1 is 1.54 bits per heavy atom. The lowest BCUT2D eigenvalue weighted by Crippen LogP contribution is -2.08. The van der Waals surface area contributed by atoms with Crippen LogP contribution >= 0.6 is 0 Å². The monoisotopic (exact) mass is 189 g/mol. The summed E-state index contributed by atoms with van der Waals surface area (Å²) in [5, 5.41) is 8.71. The van der Waals surface area contributed by atoms with Gasteiger partial charge in [-0.1, -0.05) is 0 Å². The average molecular weight is 189 g/mol. The minimum atomic E-state index is -2.51. The van der Waals surface area contributed by atoms with Crippen molar-refractivity contribution in [2.24, 2.45) is 0 Å². The Balaban J connectivity index is 2.56. The van der Waals surface area contributed by atoms with E-state index in [1.165, 1.54) is 12.3 Å². The van der Waals surface area contributed by atoms with Crippen LogP contribution in [0.3, 0.4) is 0 Å². The molecule has 0 unspecified atom stereocenters. The molecule has 1 heterocycles. The fourth-order valence-electron chi connectivity index (χ4n) is 0.776. The van der Waals surface area contributed by atoms with Crippen molar-refractivity contribution in [3.8, 4) is 5.88 Å². The fourth-order valence-corrected chi connectivity index (χ4v) is 0.776. The zero-order valence-electron chi connectivity index (χ0n) is 6.78. The van der Waals surface area contributed by atoms with E-state index in [2.05, 4.69) is 9.72 Å². The predicted molar refractivity (Wildman–Crippen MR) is 41.7 cm³/mol. The zero-order valence-corrected chi connectivity index (χ0v) is 6.78. The molecule has 0 aromatic carbocycles. The Bertz CT molecular complexity index is 268. The largest absolute Gasteiger partial charge is 0.472 e. The molecular formula is C8H9F2NO2. The summed E-state index contributed by atoms with van der Waals surface area (Å²) in [5.74, 6) is 0.104. The number of aromatic nitrogens is 1. The molecule has 0 radical (unpaired) electrons. The highest BCUT2D eigenvalue weighted by atomic mass is 19.3. The minimum Gasteiger partial charge on any atom is -0.472 e. The van der Waals surface area contributed by atoms with Crippen LogP contribution in [-0.4, -0.2) is 23.1 Å². The molecule has 0 amide bonds. The third-order valence-corrected chi connectivity index (χ3v) is 1.34. The Morgan fingerprint density at radius 2 is 2.31 bits per heavy atom. The van der Waals surface area contributed by atoms with Crippen molar-refractivity contribution in [3.63, 3.8) is 0 Å². The standard InChI is InChI=1S/C8H9F2NO2/c9-7(10)5-13-8-3-6(4-12)1-2-11-8/h1-3,7,12H,4-5H2. The summed E-state index contributed by atoms with van der Waals surface area (Å²) in [5.41, 5.74) is 0.583. The molecule has 1 aromatic heterocycles. The molecular weight excluding hydrogens is 180 g/mol. The summed E-state index contributed by atoms with van der Waals surface area (Å²) in [6, 6.07) is 3.00. The number of pyridine rings is 1. The van der Waals surface area contributed by atoms with Crippen molar-refractivity contribution < 1.29 is 18.6 Å². The van der Waals surface area contributed by atoms with Gasteiger partial charge in [0.2, 0.25) is 5.88 Å². The predicted octanol–water partition coefficient (Wildman–Crippen LogP) is 1.22. The molecule has 72 valence electrons. The molecule has 3 nitrogen and oxygen atoms in total. The molecule has 0 bridgehead atoms. The first-order chi connectivity index (χ1) is 6.22. The molecule has 1 aromatic rings. The lowest BCUT2D eigenvalue weighted by Gasteiger charge is -2.04. The van der Waals surface area contributed by atoms with Gasteiger partial charge in [-0.2, -0.15) is 0 Å². The molecule has 0 atom stereocenters. The van der Waals surface area contributed by atoms with Crippen LogP contribution in [0.25, 0.3) is 0 Å². The van der Waals surface area contributed by atoms with Crippen LogP contribution in [0.4, 0.5) is 8.78 Å². The molecule has 0 aliphatic rings. The van der Waals surface area contributed by atoms with Crippen LogP contribution in [-0.2, 0) is 6.61 Å². The number of halogens is 2. The number of ether oxygens (including phenoxy) is 1. The Labute approximate surface area is 74.0 Å². The van der Waals surface area contributed by atoms with Crippen LogP contribution in [0, 0.1) is 0 Å². The van der Waals surface area contributed by atoms with Crippen molar-refractivity contribution in [1.82, 2.24) is 4.98 Å². The molecule has 13 heavy (non-hydrogen) atoms. The molecule has 0 spiro atoms. The summed E-state index contributed by atoms with van der Waals surface area (Å²) < 4.78 is 28.0. The number of aliphatic hydroxyl groups is 1. The number of aliphatic hydroxyl groups excluding tert-OH is 1. The van der Waals surface area contributed by atoms with E-state index in [1.807, 2.05) is 0 Å². The SMILES string of the molecule is OCc1ccnc(OCC(F)F)c1. The van der Waals surface area contributed by atoms with E-state index in [9.17, 15) is 8.78 Å². The molecule has 0 saturated carbocycles. The quantitative estimate of drug-likeness (QED) is 0.774. The summed E-state index contributed by atoms with van der Waals surface area (Å²) in [7, 11) is 0. The van der Waals surface area contributed by atoms with Crippen molar-refractivity contribution >= 4 is 0 Å². The zero-order chi connectivity index (χ0) is 9.68. The van der Waals surface area contributed by atoms with Gasteiger partial charge in [-0.25, -0.2) is 13.8 Å². The topological polar surface area (TPSA) is 42.4 Å². The second kappa shape index (κ2) is 4.71. The van der Waals surface area contributed by atoms with Crippen molar-refractivity contribution in [2.45, 2.75) is 13.0 Å². The molecule has 1 N–H and O–H groups in total. The van der Waals surface area contributed by atoms with Gasteiger partial charge in [0.05, 0.1) is 6.61 Å². The van der Waals surface area contributed by atoms with Crippen LogP contribution in [0.2, 0.25) is 0 Å². The van der Waals surface area contributed by atoms with E-state index in [0.29, 0.717) is 5.56 Å². The normalized spacial score (nSPS) is 10.5. The minimum absolute atomic E-state index is 0.104. The van der Waals surface area contributed by atoms with E-state index in [-0.39, 0.29) is 12.5 Å². The second-order valence-electron chi connectivity index (χ2n) is 2.36. The molecule has 5 heteroatoms. The summed E-state index contributed by atoms with van der Waals surface area (Å²) in [6.07, 6.45) is -1.12. The van der Waals surface area contributed by atoms with Gasteiger partial charge in [-0.3, -0.25) is 0 Å². The van der Waals surface area contributed by atoms with Gasteiger partial charge in [0.1, 0.15) is 0 Å². The van der Waals surface area contributed by atoms with Crippen LogP contribution in [0.5, 0.6) is 5.88 Å². The van der Waals surface area contributed by atoms with E-state index in [4.69, 9.17) is 5.11 Å². The Kier molecular flexibility index (Phi) is 3.57. The average Bonchev–Trinajstić information content (AvgIpc) is 2.15. The third-order valence-electron chi connectivity index (χ3n) is 1.34. The highest BCUT2D eigenvalue weighted by molar-refractivity contribution is 5.19. The summed E-state index contributed by atoms with van der Waals surface area (Å²) >= 11 is 0. The van der Waals surface area contributed by atoms with Crippen molar-refractivity contribution in [3.05, 3.63) is 23.9 Å². The number of nitrogens with zero attached hydrogens (tertiary/aromatic N) is 1. The van der Waals surface area contributed by atoms with E-state index >= 15 is 0 Å². The Hall–Kier alpha value is -1.23. The van der Waals surface area contributed by atoms with Gasteiger partial charge in [0, 0.05) is 12.3 Å². The van der Waals surface area contributed by atoms with Crippen molar-refractivity contribution in [2.75, 3.05) is 6.61 Å². The number of rotatable bonds is 4. The lowest BCUT2D eigenvalue weighted by molar-refractivity contribution is 0.0795. The van der Waals surface area contributed by atoms with E-state index < -0.39 is 13.0 Å². The summed E-state index contributed by atoms with van der Waals surface area (Å²) in [4.78, 5) is 3.69. The second-order valence-corrected chi connectivity index (χ2v) is 2.36. The van der Waals surface area contributed by atoms with Crippen LogP contribution in [0.15, 0.2) is 18.3 Å². The maximum absolute atomic E-state index is 11.7. The van der Waals surface area contributed by atoms with Gasteiger partial charge in [-0.15, -0.1) is 0 Å². The number of hydrogen-bond acceptors (Lipinski definition) is 3.